The average Bonchev–Trinajstić information content (AvgIpc) is 2.31. The van der Waals surface area contributed by atoms with Crippen LogP contribution in [0.4, 0.5) is 0 Å². The van der Waals surface area contributed by atoms with E-state index in [9.17, 15) is 0 Å². The predicted molar refractivity (Wildman–Crippen MR) is 116 cm³/mol. The maximum atomic E-state index is 2.50. The maximum Gasteiger partial charge on any atom is 0.0974 e. The van der Waals surface area contributed by atoms with E-state index in [1.807, 2.05) is 0 Å². The van der Waals surface area contributed by atoms with E-state index in [4.69, 9.17) is 0 Å². The fourth-order valence-corrected chi connectivity index (χ4v) is 4.49. The molecule has 0 atom stereocenters. The molecule has 25 heavy (non-hydrogen) atoms. The predicted octanol–water partition coefficient (Wildman–Crippen LogP) is 7.47. The fraction of sp³-hybridized carbons (Fsp3) is 0.917. The lowest BCUT2D eigenvalue weighted by atomic mass is 9.86. The van der Waals surface area contributed by atoms with Crippen LogP contribution in [0.15, 0.2) is 12.2 Å². The van der Waals surface area contributed by atoms with Crippen molar-refractivity contribution in [2.24, 2.45) is 16.2 Å². The minimum atomic E-state index is 0.353. The second-order valence-electron chi connectivity index (χ2n) is 12.0. The smallest absolute Gasteiger partial charge is 0.0974 e. The van der Waals surface area contributed by atoms with Crippen molar-refractivity contribution in [2.75, 3.05) is 26.2 Å². The number of hydrogen-bond donors (Lipinski definition) is 0. The van der Waals surface area contributed by atoms with Crippen molar-refractivity contribution < 1.29 is 4.48 Å². The van der Waals surface area contributed by atoms with Gasteiger partial charge in [-0.25, -0.2) is 0 Å². The molecule has 0 aliphatic heterocycles. The van der Waals surface area contributed by atoms with Crippen LogP contribution in [0.5, 0.6) is 0 Å². The van der Waals surface area contributed by atoms with E-state index >= 15 is 0 Å². The summed E-state index contributed by atoms with van der Waals surface area (Å²) in [5, 5.41) is 0. The van der Waals surface area contributed by atoms with Crippen LogP contribution < -0.4 is 0 Å². The molecule has 0 aromatic heterocycles. The van der Waals surface area contributed by atoms with Gasteiger partial charge in [-0.05, 0) is 18.9 Å². The highest BCUT2D eigenvalue weighted by Gasteiger charge is 2.38. The number of nitrogens with zero attached hydrogens (tertiary/aromatic N) is 1. The Bertz CT molecular complexity index is 330. The first kappa shape index (κ1) is 24.7. The van der Waals surface area contributed by atoms with Gasteiger partial charge in [0.15, 0.2) is 0 Å². The normalized spacial score (nSPS) is 14.5. The third-order valence-corrected chi connectivity index (χ3v) is 4.31. The van der Waals surface area contributed by atoms with Crippen LogP contribution in [-0.4, -0.2) is 30.7 Å². The molecule has 0 spiro atoms. The molecule has 0 rings (SSSR count). The van der Waals surface area contributed by atoms with Gasteiger partial charge in [-0.1, -0.05) is 94.6 Å². The molecule has 0 N–H and O–H groups in total. The van der Waals surface area contributed by atoms with E-state index in [1.54, 1.807) is 0 Å². The van der Waals surface area contributed by atoms with E-state index in [0.29, 0.717) is 16.2 Å². The minimum Gasteiger partial charge on any atom is -0.319 e. The second-order valence-corrected chi connectivity index (χ2v) is 12.0. The zero-order valence-electron chi connectivity index (χ0n) is 19.5. The third-order valence-electron chi connectivity index (χ3n) is 4.31. The van der Waals surface area contributed by atoms with E-state index in [0.717, 1.165) is 0 Å². The Hall–Kier alpha value is -0.300. The highest BCUT2D eigenvalue weighted by molar-refractivity contribution is 4.84. The van der Waals surface area contributed by atoms with Gasteiger partial charge in [-0.15, -0.1) is 0 Å². The van der Waals surface area contributed by atoms with Gasteiger partial charge < -0.3 is 4.48 Å². The zero-order chi connectivity index (χ0) is 19.8. The van der Waals surface area contributed by atoms with E-state index in [1.165, 1.54) is 62.8 Å². The molecular formula is C24H50N+. The molecule has 0 amide bonds. The van der Waals surface area contributed by atoms with Crippen molar-refractivity contribution in [1.29, 1.82) is 0 Å². The summed E-state index contributed by atoms with van der Waals surface area (Å²) in [7, 11) is 0. The third kappa shape index (κ3) is 14.5. The van der Waals surface area contributed by atoms with E-state index in [2.05, 4.69) is 81.4 Å². The van der Waals surface area contributed by atoms with Crippen LogP contribution in [0, 0.1) is 16.2 Å². The van der Waals surface area contributed by atoms with Gasteiger partial charge >= 0.3 is 0 Å². The van der Waals surface area contributed by atoms with Crippen molar-refractivity contribution in [2.45, 2.75) is 101 Å². The van der Waals surface area contributed by atoms with Gasteiger partial charge in [-0.2, -0.15) is 0 Å². The molecule has 0 fully saturated rings. The first-order chi connectivity index (χ1) is 11.2. The van der Waals surface area contributed by atoms with Gasteiger partial charge in [0.2, 0.25) is 0 Å². The Balaban J connectivity index is 5.20. The molecular weight excluding hydrogens is 302 g/mol. The van der Waals surface area contributed by atoms with Gasteiger partial charge in [0.1, 0.15) is 0 Å². The summed E-state index contributed by atoms with van der Waals surface area (Å²) in [6.45, 7) is 28.8. The largest absolute Gasteiger partial charge is 0.319 e. The molecule has 0 aliphatic carbocycles. The standard InChI is InChI=1S/C24H50N/c1-11-12-13-14-15-16-17-18-25(19-22(2,3)4,20-23(5,6)7)21-24(8,9)10/h16-17H,11-15,18-21H2,1-10H3/q+1. The summed E-state index contributed by atoms with van der Waals surface area (Å²) in [4.78, 5) is 0. The average molecular weight is 353 g/mol. The van der Waals surface area contributed by atoms with Crippen LogP contribution in [-0.2, 0) is 0 Å². The summed E-state index contributed by atoms with van der Waals surface area (Å²) >= 11 is 0. The van der Waals surface area contributed by atoms with Crippen LogP contribution in [0.3, 0.4) is 0 Å². The Kier molecular flexibility index (Phi) is 10.0. The van der Waals surface area contributed by atoms with Gasteiger partial charge in [0, 0.05) is 16.2 Å². The summed E-state index contributed by atoms with van der Waals surface area (Å²) < 4.78 is 1.21. The molecule has 0 aliphatic rings. The number of quaternary nitrogens is 1. The Labute approximate surface area is 160 Å². The van der Waals surface area contributed by atoms with Crippen LogP contribution in [0.25, 0.3) is 0 Å². The molecule has 0 aromatic rings. The molecule has 0 saturated heterocycles. The minimum absolute atomic E-state index is 0.353. The van der Waals surface area contributed by atoms with Gasteiger partial charge in [0.05, 0.1) is 26.2 Å². The summed E-state index contributed by atoms with van der Waals surface area (Å²) in [6, 6.07) is 0. The van der Waals surface area contributed by atoms with Crippen molar-refractivity contribution in [3.05, 3.63) is 12.2 Å². The molecule has 0 unspecified atom stereocenters. The van der Waals surface area contributed by atoms with Crippen LogP contribution in [0.2, 0.25) is 0 Å². The molecule has 0 radical (unpaired) electrons. The summed E-state index contributed by atoms with van der Waals surface area (Å²) in [5.41, 5.74) is 1.06. The lowest BCUT2D eigenvalue weighted by Crippen LogP contribution is -2.59. The molecule has 1 heteroatoms. The van der Waals surface area contributed by atoms with Crippen molar-refractivity contribution in [1.82, 2.24) is 0 Å². The molecule has 0 heterocycles. The topological polar surface area (TPSA) is 0 Å². The number of rotatable bonds is 10. The first-order valence-corrected chi connectivity index (χ1v) is 10.7. The Morgan fingerprint density at radius 2 is 1.04 bits per heavy atom. The fourth-order valence-electron chi connectivity index (χ4n) is 4.49. The first-order valence-electron chi connectivity index (χ1n) is 10.7. The Morgan fingerprint density at radius 1 is 0.600 bits per heavy atom. The zero-order valence-corrected chi connectivity index (χ0v) is 19.5. The van der Waals surface area contributed by atoms with Crippen LogP contribution in [0.1, 0.15) is 101 Å². The molecule has 150 valence electrons. The second kappa shape index (κ2) is 10.1. The summed E-state index contributed by atoms with van der Waals surface area (Å²) in [5.74, 6) is 0. The van der Waals surface area contributed by atoms with Crippen LogP contribution >= 0.6 is 0 Å². The lowest BCUT2D eigenvalue weighted by molar-refractivity contribution is -0.939. The summed E-state index contributed by atoms with van der Waals surface area (Å²) in [6.07, 6.45) is 11.6. The molecule has 0 bridgehead atoms. The van der Waals surface area contributed by atoms with Gasteiger partial charge in [-0.3, -0.25) is 0 Å². The monoisotopic (exact) mass is 352 g/mol. The molecule has 0 saturated carbocycles. The molecule has 1 nitrogen and oxygen atoms in total. The highest BCUT2D eigenvalue weighted by Crippen LogP contribution is 2.32. The SMILES string of the molecule is CCCCCCC=CC[N+](CC(C)(C)C)(CC(C)(C)C)CC(C)(C)C. The molecule has 0 aromatic carbocycles. The quantitative estimate of drug-likeness (QED) is 0.217. The van der Waals surface area contributed by atoms with E-state index in [-0.39, 0.29) is 0 Å². The van der Waals surface area contributed by atoms with Crippen molar-refractivity contribution >= 4 is 0 Å². The Morgan fingerprint density at radius 3 is 1.40 bits per heavy atom. The number of allylic oxidation sites excluding steroid dienone is 1. The van der Waals surface area contributed by atoms with E-state index < -0.39 is 0 Å². The number of hydrogen-bond acceptors (Lipinski definition) is 0. The maximum absolute atomic E-state index is 2.50. The van der Waals surface area contributed by atoms with Crippen molar-refractivity contribution in [3.63, 3.8) is 0 Å². The number of unbranched alkanes of at least 4 members (excludes halogenated alkanes) is 4. The lowest BCUT2D eigenvalue weighted by Gasteiger charge is -2.48. The van der Waals surface area contributed by atoms with Crippen molar-refractivity contribution in [3.8, 4) is 0 Å². The van der Waals surface area contributed by atoms with Gasteiger partial charge in [0.25, 0.3) is 0 Å². The highest BCUT2D eigenvalue weighted by atomic mass is 15.4.